The minimum Gasteiger partial charge on any atom is -0.326 e. The molecule has 0 unspecified atom stereocenters. The maximum absolute atomic E-state index is 12.2. The van der Waals surface area contributed by atoms with Crippen LogP contribution >= 0.6 is 11.3 Å². The summed E-state index contributed by atoms with van der Waals surface area (Å²) in [5.74, 6) is 0.418. The fourth-order valence-corrected chi connectivity index (χ4v) is 4.46. The molecule has 150 valence electrons. The first-order valence-corrected chi connectivity index (χ1v) is 10.9. The van der Waals surface area contributed by atoms with Crippen LogP contribution in [-0.2, 0) is 9.59 Å². The van der Waals surface area contributed by atoms with Crippen LogP contribution in [0.1, 0.15) is 81.2 Å². The average Bonchev–Trinajstić information content (AvgIpc) is 3.16. The first-order chi connectivity index (χ1) is 13.5. The Morgan fingerprint density at radius 1 is 1.04 bits per heavy atom. The van der Waals surface area contributed by atoms with Crippen molar-refractivity contribution in [2.75, 3.05) is 10.6 Å². The van der Waals surface area contributed by atoms with E-state index in [1.54, 1.807) is 0 Å². The fraction of sp³-hybridized carbons (Fsp3) is 0.524. The molecule has 28 heavy (non-hydrogen) atoms. The van der Waals surface area contributed by atoms with Gasteiger partial charge in [0.05, 0.1) is 0 Å². The number of hydrogen-bond acceptors (Lipinski definition) is 5. The van der Waals surface area contributed by atoms with Crippen LogP contribution in [0.3, 0.4) is 0 Å². The number of amides is 2. The van der Waals surface area contributed by atoms with E-state index in [-0.39, 0.29) is 24.7 Å². The Hall–Kier alpha value is -2.28. The summed E-state index contributed by atoms with van der Waals surface area (Å²) in [6, 6.07) is 7.75. The van der Waals surface area contributed by atoms with E-state index in [9.17, 15) is 9.59 Å². The monoisotopic (exact) mass is 400 g/mol. The number of rotatable bonds is 7. The largest absolute Gasteiger partial charge is 0.326 e. The molecule has 1 aromatic carbocycles. The zero-order valence-electron chi connectivity index (χ0n) is 16.5. The third kappa shape index (κ3) is 5.61. The van der Waals surface area contributed by atoms with Crippen LogP contribution in [0.5, 0.6) is 0 Å². The van der Waals surface area contributed by atoms with Gasteiger partial charge in [-0.2, -0.15) is 0 Å². The van der Waals surface area contributed by atoms with E-state index in [1.807, 2.05) is 24.3 Å². The van der Waals surface area contributed by atoms with E-state index >= 15 is 0 Å². The van der Waals surface area contributed by atoms with Crippen LogP contribution in [-0.4, -0.2) is 22.0 Å². The van der Waals surface area contributed by atoms with Gasteiger partial charge in [0.25, 0.3) is 0 Å². The van der Waals surface area contributed by atoms with E-state index in [4.69, 9.17) is 0 Å². The van der Waals surface area contributed by atoms with E-state index in [1.165, 1.54) is 30.6 Å². The molecule has 2 amide bonds. The van der Waals surface area contributed by atoms with Gasteiger partial charge in [-0.3, -0.25) is 9.59 Å². The van der Waals surface area contributed by atoms with Gasteiger partial charge in [-0.15, -0.1) is 10.2 Å². The summed E-state index contributed by atoms with van der Waals surface area (Å²) in [5, 5.41) is 15.6. The second-order valence-corrected chi connectivity index (χ2v) is 8.63. The molecule has 0 spiro atoms. The lowest BCUT2D eigenvalue weighted by atomic mass is 9.90. The first kappa shape index (κ1) is 20.5. The number of carbonyl (C=O) groups is 2. The molecule has 0 aliphatic heterocycles. The number of nitrogens with zero attached hydrogens (tertiary/aromatic N) is 2. The Bertz CT molecular complexity index is 812. The van der Waals surface area contributed by atoms with Gasteiger partial charge in [0.2, 0.25) is 16.9 Å². The van der Waals surface area contributed by atoms with Gasteiger partial charge in [-0.25, -0.2) is 0 Å². The highest BCUT2D eigenvalue weighted by atomic mass is 32.1. The van der Waals surface area contributed by atoms with E-state index in [0.29, 0.717) is 17.0 Å². The number of para-hydroxylation sites is 1. The molecule has 1 aliphatic carbocycles. The van der Waals surface area contributed by atoms with E-state index in [0.717, 1.165) is 29.1 Å². The summed E-state index contributed by atoms with van der Waals surface area (Å²) in [5.41, 5.74) is 1.90. The average molecular weight is 401 g/mol. The van der Waals surface area contributed by atoms with Gasteiger partial charge in [-0.1, -0.05) is 62.6 Å². The SMILES string of the molecule is CC(C)c1ccccc1NC(=O)CCC(=O)Nc1nnc(C2CCCCC2)s1. The minimum atomic E-state index is -0.210. The van der Waals surface area contributed by atoms with Crippen molar-refractivity contribution in [3.8, 4) is 0 Å². The van der Waals surface area contributed by atoms with Crippen LogP contribution in [0.4, 0.5) is 10.8 Å². The maximum atomic E-state index is 12.2. The van der Waals surface area contributed by atoms with Crippen molar-refractivity contribution in [1.82, 2.24) is 10.2 Å². The normalized spacial score (nSPS) is 14.8. The predicted molar refractivity (Wildman–Crippen MR) is 113 cm³/mol. The van der Waals surface area contributed by atoms with Gasteiger partial charge in [0.15, 0.2) is 0 Å². The summed E-state index contributed by atoms with van der Waals surface area (Å²) < 4.78 is 0. The third-order valence-electron chi connectivity index (χ3n) is 5.08. The highest BCUT2D eigenvalue weighted by Gasteiger charge is 2.20. The lowest BCUT2D eigenvalue weighted by molar-refractivity contribution is -0.121. The number of benzene rings is 1. The molecule has 0 radical (unpaired) electrons. The van der Waals surface area contributed by atoms with Crippen molar-refractivity contribution in [3.63, 3.8) is 0 Å². The van der Waals surface area contributed by atoms with E-state index < -0.39 is 0 Å². The number of aromatic nitrogens is 2. The Morgan fingerprint density at radius 3 is 2.43 bits per heavy atom. The molecular formula is C21H28N4O2S. The number of hydrogen-bond donors (Lipinski definition) is 2. The molecule has 0 atom stereocenters. The van der Waals surface area contributed by atoms with E-state index in [2.05, 4.69) is 34.7 Å². The summed E-state index contributed by atoms with van der Waals surface area (Å²) in [6.45, 7) is 4.17. The Morgan fingerprint density at radius 2 is 1.71 bits per heavy atom. The van der Waals surface area contributed by atoms with Gasteiger partial charge in [0.1, 0.15) is 5.01 Å². The molecule has 1 heterocycles. The topological polar surface area (TPSA) is 84.0 Å². The van der Waals surface area contributed by atoms with Crippen LogP contribution in [0.15, 0.2) is 24.3 Å². The number of nitrogens with one attached hydrogen (secondary N) is 2. The zero-order chi connectivity index (χ0) is 19.9. The molecule has 1 fully saturated rings. The second kappa shape index (κ2) is 9.78. The summed E-state index contributed by atoms with van der Waals surface area (Å²) in [6.07, 6.45) is 6.33. The summed E-state index contributed by atoms with van der Waals surface area (Å²) in [4.78, 5) is 24.4. The van der Waals surface area contributed by atoms with Crippen LogP contribution in [0, 0.1) is 0 Å². The molecule has 1 aliphatic rings. The van der Waals surface area contributed by atoms with Gasteiger partial charge < -0.3 is 10.6 Å². The van der Waals surface area contributed by atoms with Crippen molar-refractivity contribution in [1.29, 1.82) is 0 Å². The fourth-order valence-electron chi connectivity index (χ4n) is 3.54. The molecule has 6 nitrogen and oxygen atoms in total. The van der Waals surface area contributed by atoms with Gasteiger partial charge in [0, 0.05) is 24.4 Å². The highest BCUT2D eigenvalue weighted by molar-refractivity contribution is 7.15. The Kier molecular flexibility index (Phi) is 7.14. The summed E-state index contributed by atoms with van der Waals surface area (Å²) in [7, 11) is 0. The smallest absolute Gasteiger partial charge is 0.226 e. The van der Waals surface area contributed by atoms with Crippen molar-refractivity contribution in [3.05, 3.63) is 34.8 Å². The number of carbonyl (C=O) groups excluding carboxylic acids is 2. The molecule has 2 N–H and O–H groups in total. The molecule has 7 heteroatoms. The van der Waals surface area contributed by atoms with Crippen molar-refractivity contribution in [2.45, 2.75) is 70.6 Å². The predicted octanol–water partition coefficient (Wildman–Crippen LogP) is 5.07. The summed E-state index contributed by atoms with van der Waals surface area (Å²) >= 11 is 1.46. The molecule has 2 aromatic rings. The molecule has 0 saturated heterocycles. The minimum absolute atomic E-state index is 0.119. The second-order valence-electron chi connectivity index (χ2n) is 7.62. The van der Waals surface area contributed by atoms with Crippen molar-refractivity contribution < 1.29 is 9.59 Å². The van der Waals surface area contributed by atoms with Crippen LogP contribution in [0.2, 0.25) is 0 Å². The molecule has 1 saturated carbocycles. The zero-order valence-corrected chi connectivity index (χ0v) is 17.3. The molecular weight excluding hydrogens is 372 g/mol. The van der Waals surface area contributed by atoms with Gasteiger partial charge >= 0.3 is 0 Å². The number of anilines is 2. The molecule has 0 bridgehead atoms. The standard InChI is InChI=1S/C21H28N4O2S/c1-14(2)16-10-6-7-11-17(16)22-18(26)12-13-19(27)23-21-25-24-20(28-21)15-8-4-3-5-9-15/h6-7,10-11,14-15H,3-5,8-9,12-13H2,1-2H3,(H,22,26)(H,23,25,27). The third-order valence-corrected chi connectivity index (χ3v) is 6.08. The Balaban J connectivity index is 1.47. The first-order valence-electron chi connectivity index (χ1n) is 10.0. The highest BCUT2D eigenvalue weighted by Crippen LogP contribution is 2.35. The lowest BCUT2D eigenvalue weighted by Crippen LogP contribution is -2.18. The van der Waals surface area contributed by atoms with Gasteiger partial charge in [-0.05, 0) is 30.4 Å². The van der Waals surface area contributed by atoms with Crippen LogP contribution < -0.4 is 10.6 Å². The van der Waals surface area contributed by atoms with Crippen LogP contribution in [0.25, 0.3) is 0 Å². The molecule has 1 aromatic heterocycles. The van der Waals surface area contributed by atoms with Crippen molar-refractivity contribution in [2.24, 2.45) is 0 Å². The quantitative estimate of drug-likeness (QED) is 0.680. The maximum Gasteiger partial charge on any atom is 0.226 e. The Labute approximate surface area is 170 Å². The molecule has 3 rings (SSSR count). The van der Waals surface area contributed by atoms with Crippen molar-refractivity contribution >= 4 is 34.0 Å². The lowest BCUT2D eigenvalue weighted by Gasteiger charge is -2.18.